The van der Waals surface area contributed by atoms with Gasteiger partial charge in [-0.05, 0) is 49.7 Å². The highest BCUT2D eigenvalue weighted by Crippen LogP contribution is 2.32. The number of amides is 1. The summed E-state index contributed by atoms with van der Waals surface area (Å²) in [5.41, 5.74) is -1.37. The van der Waals surface area contributed by atoms with Crippen molar-refractivity contribution in [3.8, 4) is 0 Å². The summed E-state index contributed by atoms with van der Waals surface area (Å²) in [6, 6.07) is 3.91. The summed E-state index contributed by atoms with van der Waals surface area (Å²) >= 11 is 1.44. The maximum Gasteiger partial charge on any atom is 0.257 e. The van der Waals surface area contributed by atoms with Crippen molar-refractivity contribution in [3.05, 3.63) is 22.4 Å². The number of piperidine rings is 3. The average molecular weight is 294 g/mol. The largest absolute Gasteiger partial charge is 0.375 e. The summed E-state index contributed by atoms with van der Waals surface area (Å²) in [7, 11) is 0. The molecule has 0 aliphatic carbocycles. The molecule has 0 unspecified atom stereocenters. The van der Waals surface area contributed by atoms with Gasteiger partial charge in [-0.2, -0.15) is 0 Å². The fourth-order valence-corrected chi connectivity index (χ4v) is 4.27. The third-order valence-corrected chi connectivity index (χ3v) is 5.81. The second-order valence-electron chi connectivity index (χ2n) is 5.91. The van der Waals surface area contributed by atoms with Gasteiger partial charge in [0.25, 0.3) is 5.91 Å². The standard InChI is InChI=1S/C15H22N2O2S/c1-2-15(19,13-4-3-9-20-13)14(18)16-12-10-17-7-5-11(12)6-8-17/h3-4,9,11-12,19H,2,5-8,10H2,1H3,(H,16,18)/t12-,15-/m0/s1. The maximum atomic E-state index is 12.6. The van der Waals surface area contributed by atoms with Gasteiger partial charge < -0.3 is 15.3 Å². The molecular formula is C15H22N2O2S. The summed E-state index contributed by atoms with van der Waals surface area (Å²) in [4.78, 5) is 15.7. The molecule has 20 heavy (non-hydrogen) atoms. The lowest BCUT2D eigenvalue weighted by atomic mass is 9.83. The number of carbonyl (C=O) groups is 1. The molecule has 4 nitrogen and oxygen atoms in total. The van der Waals surface area contributed by atoms with Crippen LogP contribution in [0, 0.1) is 5.92 Å². The van der Waals surface area contributed by atoms with Gasteiger partial charge in [-0.25, -0.2) is 0 Å². The van der Waals surface area contributed by atoms with Crippen LogP contribution in [0.15, 0.2) is 17.5 Å². The molecule has 110 valence electrons. The van der Waals surface area contributed by atoms with Gasteiger partial charge in [0.2, 0.25) is 0 Å². The number of thiophene rings is 1. The molecule has 2 atom stereocenters. The predicted molar refractivity (Wildman–Crippen MR) is 79.6 cm³/mol. The third kappa shape index (κ3) is 2.38. The van der Waals surface area contributed by atoms with Crippen molar-refractivity contribution >= 4 is 17.2 Å². The molecule has 1 aromatic heterocycles. The normalized spacial score (nSPS) is 31.8. The van der Waals surface area contributed by atoms with Crippen LogP contribution in [0.5, 0.6) is 0 Å². The Balaban J connectivity index is 1.72. The minimum Gasteiger partial charge on any atom is -0.375 e. The summed E-state index contributed by atoms with van der Waals surface area (Å²) in [6.07, 6.45) is 2.73. The maximum absolute atomic E-state index is 12.6. The van der Waals surface area contributed by atoms with Crippen LogP contribution < -0.4 is 5.32 Å². The van der Waals surface area contributed by atoms with Crippen molar-refractivity contribution in [2.75, 3.05) is 19.6 Å². The zero-order chi connectivity index (χ0) is 14.2. The molecule has 3 fully saturated rings. The Kier molecular flexibility index (Phi) is 3.84. The molecule has 0 aromatic carbocycles. The number of fused-ring (bicyclic) bond motifs is 3. The van der Waals surface area contributed by atoms with Crippen molar-refractivity contribution in [2.24, 2.45) is 5.92 Å². The summed E-state index contributed by atoms with van der Waals surface area (Å²) < 4.78 is 0. The van der Waals surface area contributed by atoms with Crippen LogP contribution in [0.2, 0.25) is 0 Å². The van der Waals surface area contributed by atoms with Gasteiger partial charge in [0.15, 0.2) is 5.60 Å². The van der Waals surface area contributed by atoms with E-state index in [4.69, 9.17) is 0 Å². The quantitative estimate of drug-likeness (QED) is 0.886. The van der Waals surface area contributed by atoms with E-state index in [2.05, 4.69) is 10.2 Å². The van der Waals surface area contributed by atoms with E-state index in [1.807, 2.05) is 24.4 Å². The molecule has 0 spiro atoms. The van der Waals surface area contributed by atoms with Crippen LogP contribution in [0.25, 0.3) is 0 Å². The SMILES string of the molecule is CC[C@@](O)(C(=O)N[C@H]1CN2CCC1CC2)c1cccs1. The summed E-state index contributed by atoms with van der Waals surface area (Å²) in [6.45, 7) is 5.09. The number of hydrogen-bond acceptors (Lipinski definition) is 4. The van der Waals surface area contributed by atoms with Crippen molar-refractivity contribution < 1.29 is 9.90 Å². The Bertz CT molecular complexity index is 468. The predicted octanol–water partition coefficient (Wildman–Crippen LogP) is 1.56. The molecule has 0 radical (unpaired) electrons. The van der Waals surface area contributed by atoms with E-state index >= 15 is 0 Å². The number of hydrogen-bond donors (Lipinski definition) is 2. The summed E-state index contributed by atoms with van der Waals surface area (Å²) in [5, 5.41) is 15.7. The number of nitrogens with zero attached hydrogens (tertiary/aromatic N) is 1. The molecule has 4 heterocycles. The molecule has 1 aromatic rings. The lowest BCUT2D eigenvalue weighted by Crippen LogP contribution is -2.59. The highest BCUT2D eigenvalue weighted by atomic mass is 32.1. The van der Waals surface area contributed by atoms with Gasteiger partial charge in [0, 0.05) is 17.5 Å². The first kappa shape index (κ1) is 14.0. The van der Waals surface area contributed by atoms with E-state index in [-0.39, 0.29) is 11.9 Å². The fraction of sp³-hybridized carbons (Fsp3) is 0.667. The molecule has 0 saturated carbocycles. The first-order chi connectivity index (χ1) is 9.63. The molecule has 2 bridgehead atoms. The Labute approximate surface area is 123 Å². The molecular weight excluding hydrogens is 272 g/mol. The van der Waals surface area contributed by atoms with Crippen LogP contribution in [-0.2, 0) is 10.4 Å². The van der Waals surface area contributed by atoms with E-state index in [1.165, 1.54) is 11.3 Å². The van der Waals surface area contributed by atoms with Crippen LogP contribution in [0.1, 0.15) is 31.1 Å². The number of carbonyl (C=O) groups excluding carboxylic acids is 1. The van der Waals surface area contributed by atoms with Crippen LogP contribution in [0.3, 0.4) is 0 Å². The second kappa shape index (κ2) is 5.47. The van der Waals surface area contributed by atoms with E-state index < -0.39 is 5.60 Å². The Morgan fingerprint density at radius 2 is 2.30 bits per heavy atom. The molecule has 2 N–H and O–H groups in total. The number of aliphatic hydroxyl groups is 1. The van der Waals surface area contributed by atoms with Crippen LogP contribution >= 0.6 is 11.3 Å². The van der Waals surface area contributed by atoms with Gasteiger partial charge in [-0.3, -0.25) is 4.79 Å². The van der Waals surface area contributed by atoms with Crippen molar-refractivity contribution in [1.29, 1.82) is 0 Å². The van der Waals surface area contributed by atoms with Crippen molar-refractivity contribution in [3.63, 3.8) is 0 Å². The smallest absolute Gasteiger partial charge is 0.257 e. The third-order valence-electron chi connectivity index (χ3n) is 4.79. The minimum absolute atomic E-state index is 0.197. The van der Waals surface area contributed by atoms with Crippen LogP contribution in [-0.4, -0.2) is 41.6 Å². The topological polar surface area (TPSA) is 52.6 Å². The molecule has 5 heteroatoms. The molecule has 3 saturated heterocycles. The van der Waals surface area contributed by atoms with Crippen molar-refractivity contribution in [1.82, 2.24) is 10.2 Å². The highest BCUT2D eigenvalue weighted by Gasteiger charge is 2.41. The lowest BCUT2D eigenvalue weighted by Gasteiger charge is -2.45. The van der Waals surface area contributed by atoms with E-state index in [9.17, 15) is 9.90 Å². The second-order valence-corrected chi connectivity index (χ2v) is 6.86. The number of nitrogens with one attached hydrogen (secondary N) is 1. The first-order valence-electron chi connectivity index (χ1n) is 7.43. The first-order valence-corrected chi connectivity index (χ1v) is 8.31. The molecule has 3 aliphatic heterocycles. The average Bonchev–Trinajstić information content (AvgIpc) is 3.02. The molecule has 4 rings (SSSR count). The van der Waals surface area contributed by atoms with E-state index in [1.54, 1.807) is 0 Å². The highest BCUT2D eigenvalue weighted by molar-refractivity contribution is 7.10. The van der Waals surface area contributed by atoms with Gasteiger partial charge in [-0.1, -0.05) is 13.0 Å². The zero-order valence-corrected chi connectivity index (χ0v) is 12.7. The molecule has 1 amide bonds. The Hall–Kier alpha value is -0.910. The van der Waals surface area contributed by atoms with E-state index in [0.717, 1.165) is 37.4 Å². The fourth-order valence-electron chi connectivity index (χ4n) is 3.38. The number of rotatable bonds is 4. The Morgan fingerprint density at radius 3 is 2.80 bits per heavy atom. The van der Waals surface area contributed by atoms with Gasteiger partial charge in [-0.15, -0.1) is 11.3 Å². The summed E-state index contributed by atoms with van der Waals surface area (Å²) in [5.74, 6) is 0.342. The molecule has 3 aliphatic rings. The van der Waals surface area contributed by atoms with Gasteiger partial charge >= 0.3 is 0 Å². The zero-order valence-electron chi connectivity index (χ0n) is 11.8. The monoisotopic (exact) mass is 294 g/mol. The lowest BCUT2D eigenvalue weighted by molar-refractivity contribution is -0.143. The minimum atomic E-state index is -1.37. The van der Waals surface area contributed by atoms with Crippen molar-refractivity contribution in [2.45, 2.75) is 37.8 Å². The van der Waals surface area contributed by atoms with Gasteiger partial charge in [0.1, 0.15) is 0 Å². The van der Waals surface area contributed by atoms with Gasteiger partial charge in [0.05, 0.1) is 0 Å². The Morgan fingerprint density at radius 1 is 1.55 bits per heavy atom. The van der Waals surface area contributed by atoms with E-state index in [0.29, 0.717) is 12.3 Å². The van der Waals surface area contributed by atoms with Crippen LogP contribution in [0.4, 0.5) is 0 Å².